The van der Waals surface area contributed by atoms with Crippen molar-refractivity contribution in [3.8, 4) is 0 Å². The summed E-state index contributed by atoms with van der Waals surface area (Å²) in [5, 5.41) is 3.59. The van der Waals surface area contributed by atoms with Crippen molar-refractivity contribution in [1.82, 2.24) is 10.2 Å². The molecule has 0 bridgehead atoms. The van der Waals surface area contributed by atoms with Gasteiger partial charge in [-0.3, -0.25) is 4.90 Å². The summed E-state index contributed by atoms with van der Waals surface area (Å²) in [5.74, 6) is 0. The first kappa shape index (κ1) is 11.2. The predicted octanol–water partition coefficient (Wildman–Crippen LogP) is 2.17. The van der Waals surface area contributed by atoms with Gasteiger partial charge in [-0.2, -0.15) is 0 Å². The van der Waals surface area contributed by atoms with Crippen molar-refractivity contribution in [2.45, 2.75) is 51.6 Å². The van der Waals surface area contributed by atoms with Gasteiger partial charge in [0.25, 0.3) is 0 Å². The van der Waals surface area contributed by atoms with Crippen molar-refractivity contribution < 1.29 is 0 Å². The van der Waals surface area contributed by atoms with E-state index in [1.165, 1.54) is 45.3 Å². The van der Waals surface area contributed by atoms with Crippen LogP contribution in [0.3, 0.4) is 0 Å². The minimum atomic E-state index is 0.699. The highest BCUT2D eigenvalue weighted by Crippen LogP contribution is 2.19. The summed E-state index contributed by atoms with van der Waals surface area (Å²) in [4.78, 5) is 2.58. The Hall–Kier alpha value is -0.340. The number of nitrogens with zero attached hydrogens (tertiary/aromatic N) is 1. The lowest BCUT2D eigenvalue weighted by atomic mass is 10.1. The monoisotopic (exact) mass is 208 g/mol. The van der Waals surface area contributed by atoms with Gasteiger partial charge in [-0.25, -0.2) is 0 Å². The SMILES string of the molecule is CC(C)N1CCC=C(CCNC2CC2)C1. The Morgan fingerprint density at radius 3 is 2.93 bits per heavy atom. The maximum atomic E-state index is 3.59. The van der Waals surface area contributed by atoms with E-state index in [1.807, 2.05) is 0 Å². The molecule has 0 atom stereocenters. The molecule has 1 heterocycles. The quantitative estimate of drug-likeness (QED) is 0.697. The highest BCUT2D eigenvalue weighted by Gasteiger charge is 2.20. The Bertz CT molecular complexity index is 229. The number of nitrogens with one attached hydrogen (secondary N) is 1. The first-order valence-electron chi connectivity index (χ1n) is 6.41. The molecule has 0 aromatic rings. The van der Waals surface area contributed by atoms with Gasteiger partial charge in [0.1, 0.15) is 0 Å². The molecule has 2 aliphatic rings. The third-order valence-corrected chi connectivity index (χ3v) is 3.44. The molecule has 86 valence electrons. The zero-order valence-corrected chi connectivity index (χ0v) is 10.1. The Morgan fingerprint density at radius 2 is 2.27 bits per heavy atom. The fourth-order valence-electron chi connectivity index (χ4n) is 2.19. The van der Waals surface area contributed by atoms with Crippen LogP contribution in [0.4, 0.5) is 0 Å². The minimum Gasteiger partial charge on any atom is -0.314 e. The molecule has 0 radical (unpaired) electrons. The molecule has 2 nitrogen and oxygen atoms in total. The summed E-state index contributed by atoms with van der Waals surface area (Å²) in [6.07, 6.45) is 7.75. The molecule has 2 rings (SSSR count). The van der Waals surface area contributed by atoms with Gasteiger partial charge < -0.3 is 5.32 Å². The van der Waals surface area contributed by atoms with E-state index in [2.05, 4.69) is 30.1 Å². The number of hydrogen-bond acceptors (Lipinski definition) is 2. The minimum absolute atomic E-state index is 0.699. The number of rotatable bonds is 5. The van der Waals surface area contributed by atoms with Crippen LogP contribution in [0.5, 0.6) is 0 Å². The second-order valence-corrected chi connectivity index (χ2v) is 5.19. The van der Waals surface area contributed by atoms with Crippen molar-refractivity contribution >= 4 is 0 Å². The Balaban J connectivity index is 1.69. The van der Waals surface area contributed by atoms with E-state index >= 15 is 0 Å². The Morgan fingerprint density at radius 1 is 1.47 bits per heavy atom. The van der Waals surface area contributed by atoms with Gasteiger partial charge in [-0.05, 0) is 46.1 Å². The fraction of sp³-hybridized carbons (Fsp3) is 0.846. The molecular weight excluding hydrogens is 184 g/mol. The van der Waals surface area contributed by atoms with Crippen LogP contribution in [0, 0.1) is 0 Å². The zero-order valence-electron chi connectivity index (χ0n) is 10.1. The van der Waals surface area contributed by atoms with Crippen LogP contribution in [0.2, 0.25) is 0 Å². The summed E-state index contributed by atoms with van der Waals surface area (Å²) in [5.41, 5.74) is 1.64. The van der Waals surface area contributed by atoms with E-state index in [4.69, 9.17) is 0 Å². The topological polar surface area (TPSA) is 15.3 Å². The van der Waals surface area contributed by atoms with Crippen LogP contribution in [-0.4, -0.2) is 36.6 Å². The van der Waals surface area contributed by atoms with Gasteiger partial charge in [0.15, 0.2) is 0 Å². The molecule has 0 saturated heterocycles. The molecule has 1 aliphatic carbocycles. The summed E-state index contributed by atoms with van der Waals surface area (Å²) in [7, 11) is 0. The first-order chi connectivity index (χ1) is 7.25. The molecule has 2 heteroatoms. The first-order valence-corrected chi connectivity index (χ1v) is 6.41. The summed E-state index contributed by atoms with van der Waals surface area (Å²) in [6, 6.07) is 1.56. The van der Waals surface area contributed by atoms with Gasteiger partial charge in [-0.15, -0.1) is 0 Å². The second-order valence-electron chi connectivity index (χ2n) is 5.19. The second kappa shape index (κ2) is 5.13. The van der Waals surface area contributed by atoms with Crippen LogP contribution in [0.15, 0.2) is 11.6 Å². The van der Waals surface area contributed by atoms with Crippen LogP contribution < -0.4 is 5.32 Å². The lowest BCUT2D eigenvalue weighted by Crippen LogP contribution is -2.36. The molecule has 0 spiro atoms. The molecule has 0 amide bonds. The van der Waals surface area contributed by atoms with Crippen molar-refractivity contribution in [3.05, 3.63) is 11.6 Å². The third kappa shape index (κ3) is 3.62. The van der Waals surface area contributed by atoms with Gasteiger partial charge in [0.2, 0.25) is 0 Å². The largest absolute Gasteiger partial charge is 0.314 e. The molecular formula is C13H24N2. The summed E-state index contributed by atoms with van der Waals surface area (Å²) >= 11 is 0. The van der Waals surface area contributed by atoms with E-state index in [0.29, 0.717) is 6.04 Å². The van der Waals surface area contributed by atoms with Crippen LogP contribution in [0.25, 0.3) is 0 Å². The van der Waals surface area contributed by atoms with E-state index in [1.54, 1.807) is 5.57 Å². The molecule has 0 aromatic heterocycles. The maximum Gasteiger partial charge on any atom is 0.0196 e. The van der Waals surface area contributed by atoms with Crippen LogP contribution >= 0.6 is 0 Å². The van der Waals surface area contributed by atoms with Crippen LogP contribution in [0.1, 0.15) is 39.5 Å². The van der Waals surface area contributed by atoms with Crippen molar-refractivity contribution in [2.24, 2.45) is 0 Å². The predicted molar refractivity (Wildman–Crippen MR) is 65.1 cm³/mol. The highest BCUT2D eigenvalue weighted by molar-refractivity contribution is 5.09. The Kier molecular flexibility index (Phi) is 3.81. The summed E-state index contributed by atoms with van der Waals surface area (Å²) in [6.45, 7) is 8.22. The molecule has 0 unspecified atom stereocenters. The normalized spacial score (nSPS) is 23.3. The van der Waals surface area contributed by atoms with E-state index in [9.17, 15) is 0 Å². The Labute approximate surface area is 93.7 Å². The molecule has 1 saturated carbocycles. The smallest absolute Gasteiger partial charge is 0.0196 e. The van der Waals surface area contributed by atoms with E-state index < -0.39 is 0 Å². The molecule has 1 N–H and O–H groups in total. The fourth-order valence-corrected chi connectivity index (χ4v) is 2.19. The highest BCUT2D eigenvalue weighted by atomic mass is 15.1. The van der Waals surface area contributed by atoms with E-state index in [0.717, 1.165) is 6.04 Å². The van der Waals surface area contributed by atoms with Crippen molar-refractivity contribution in [3.63, 3.8) is 0 Å². The average molecular weight is 208 g/mol. The molecule has 1 aliphatic heterocycles. The maximum absolute atomic E-state index is 3.59. The average Bonchev–Trinajstić information content (AvgIpc) is 3.02. The lowest BCUT2D eigenvalue weighted by Gasteiger charge is -2.30. The number of hydrogen-bond donors (Lipinski definition) is 1. The molecule has 1 fully saturated rings. The molecule has 0 aromatic carbocycles. The van der Waals surface area contributed by atoms with Gasteiger partial charge >= 0.3 is 0 Å². The van der Waals surface area contributed by atoms with Gasteiger partial charge in [0.05, 0.1) is 0 Å². The third-order valence-electron chi connectivity index (χ3n) is 3.44. The van der Waals surface area contributed by atoms with Crippen LogP contribution in [-0.2, 0) is 0 Å². The standard InChI is InChI=1S/C13H24N2/c1-11(2)15-9-3-4-12(10-15)7-8-14-13-5-6-13/h4,11,13-14H,3,5-10H2,1-2H3. The van der Waals surface area contributed by atoms with E-state index in [-0.39, 0.29) is 0 Å². The van der Waals surface area contributed by atoms with Crippen molar-refractivity contribution in [1.29, 1.82) is 0 Å². The van der Waals surface area contributed by atoms with Crippen molar-refractivity contribution in [2.75, 3.05) is 19.6 Å². The van der Waals surface area contributed by atoms with Gasteiger partial charge in [-0.1, -0.05) is 11.6 Å². The lowest BCUT2D eigenvalue weighted by molar-refractivity contribution is 0.233. The molecule has 15 heavy (non-hydrogen) atoms. The van der Waals surface area contributed by atoms with Gasteiger partial charge in [0, 0.05) is 25.2 Å². The summed E-state index contributed by atoms with van der Waals surface area (Å²) < 4.78 is 0. The zero-order chi connectivity index (χ0) is 10.7.